The normalized spacial score (nSPS) is 35.9. The van der Waals surface area contributed by atoms with Crippen LogP contribution < -0.4 is 16.2 Å². The fourth-order valence-electron chi connectivity index (χ4n) is 7.12. The van der Waals surface area contributed by atoms with Crippen LogP contribution in [0.1, 0.15) is 55.0 Å². The first-order valence-corrected chi connectivity index (χ1v) is 13.1. The number of amides is 1. The van der Waals surface area contributed by atoms with Crippen LogP contribution in [-0.2, 0) is 11.3 Å². The van der Waals surface area contributed by atoms with Gasteiger partial charge in [0.05, 0.1) is 6.04 Å². The van der Waals surface area contributed by atoms with Crippen molar-refractivity contribution in [1.82, 2.24) is 26.1 Å². The summed E-state index contributed by atoms with van der Waals surface area (Å²) in [5.41, 5.74) is 10.8. The Balaban J connectivity index is 1.13. The number of carbonyl (C=O) groups excluding carboxylic acids is 1. The summed E-state index contributed by atoms with van der Waals surface area (Å²) in [4.78, 5) is 20.3. The summed E-state index contributed by atoms with van der Waals surface area (Å²) in [6.07, 6.45) is 7.61. The predicted octanol–water partition coefficient (Wildman–Crippen LogP) is 3.35. The predicted molar refractivity (Wildman–Crippen MR) is 132 cm³/mol. The molecule has 4 aliphatic rings. The van der Waals surface area contributed by atoms with Crippen LogP contribution in [0.3, 0.4) is 0 Å². The Labute approximate surface area is 202 Å². The lowest BCUT2D eigenvalue weighted by atomic mass is 9.65. The van der Waals surface area contributed by atoms with E-state index >= 15 is 0 Å². The summed E-state index contributed by atoms with van der Waals surface area (Å²) < 4.78 is 0. The number of aromatic nitrogens is 1. The van der Waals surface area contributed by atoms with Crippen molar-refractivity contribution in [2.24, 2.45) is 23.7 Å². The van der Waals surface area contributed by atoms with Gasteiger partial charge in [-0.3, -0.25) is 20.1 Å². The maximum absolute atomic E-state index is 13.2. The monoisotopic (exact) mass is 459 g/mol. The Hall–Kier alpha value is -2.28. The molecule has 180 valence electrons. The molecule has 1 aromatic heterocycles. The van der Waals surface area contributed by atoms with E-state index in [1.54, 1.807) is 0 Å². The lowest BCUT2D eigenvalue weighted by molar-refractivity contribution is -0.133. The van der Waals surface area contributed by atoms with Gasteiger partial charge in [0.2, 0.25) is 5.91 Å². The second-order valence-electron chi connectivity index (χ2n) is 11.1. The Kier molecular flexibility index (Phi) is 6.14. The average Bonchev–Trinajstić information content (AvgIpc) is 3.26. The molecule has 34 heavy (non-hydrogen) atoms. The zero-order valence-electron chi connectivity index (χ0n) is 20.1. The van der Waals surface area contributed by atoms with Gasteiger partial charge >= 0.3 is 0 Å². The lowest BCUT2D eigenvalue weighted by Crippen LogP contribution is -2.57. The summed E-state index contributed by atoms with van der Waals surface area (Å²) in [6.45, 7) is 5.20. The average molecular weight is 460 g/mol. The third-order valence-corrected chi connectivity index (χ3v) is 8.90. The number of fused-ring (bicyclic) bond motifs is 2. The molecule has 6 nitrogen and oxygen atoms in total. The minimum Gasteiger partial charge on any atom is -0.353 e. The standard InChI is InChI=1S/C28H37N5O/c1-18-9-10-20(15-29-18)27-24-13-22-12-23(28(34)30-25(22)14-26(24)31-32-27)21-8-5-11-33(17-21)16-19-6-3-2-4-7-19/h2-4,6-7,9-10,15,21-27,31-32H,5,8,11-14,16-17H2,1H3,(H,30,34). The van der Waals surface area contributed by atoms with Gasteiger partial charge < -0.3 is 5.32 Å². The molecule has 3 N–H and O–H groups in total. The van der Waals surface area contributed by atoms with Gasteiger partial charge in [0.1, 0.15) is 0 Å². The molecule has 3 saturated heterocycles. The molecule has 1 aromatic carbocycles. The molecular weight excluding hydrogens is 422 g/mol. The highest BCUT2D eigenvalue weighted by Gasteiger charge is 2.49. The van der Waals surface area contributed by atoms with Crippen molar-refractivity contribution in [1.29, 1.82) is 0 Å². The largest absolute Gasteiger partial charge is 0.353 e. The number of likely N-dealkylation sites (tertiary alicyclic amines) is 1. The summed E-state index contributed by atoms with van der Waals surface area (Å²) in [5, 5.41) is 3.47. The van der Waals surface area contributed by atoms with Gasteiger partial charge in [-0.05, 0) is 80.5 Å². The molecule has 4 fully saturated rings. The Morgan fingerprint density at radius 1 is 1.00 bits per heavy atom. The molecule has 0 radical (unpaired) electrons. The first kappa shape index (κ1) is 22.2. The van der Waals surface area contributed by atoms with E-state index in [-0.39, 0.29) is 5.92 Å². The Bertz CT molecular complexity index is 996. The second-order valence-corrected chi connectivity index (χ2v) is 11.1. The van der Waals surface area contributed by atoms with E-state index < -0.39 is 0 Å². The fraction of sp³-hybridized carbons (Fsp3) is 0.571. The number of pyridine rings is 1. The van der Waals surface area contributed by atoms with Crippen molar-refractivity contribution in [3.63, 3.8) is 0 Å². The van der Waals surface area contributed by atoms with E-state index in [4.69, 9.17) is 0 Å². The van der Waals surface area contributed by atoms with Crippen LogP contribution in [0.2, 0.25) is 0 Å². The number of piperidine rings is 2. The van der Waals surface area contributed by atoms with E-state index in [2.05, 4.69) is 68.5 Å². The molecular formula is C28H37N5O. The third-order valence-electron chi connectivity index (χ3n) is 8.90. The molecule has 6 heteroatoms. The number of nitrogens with zero attached hydrogens (tertiary/aromatic N) is 2. The SMILES string of the molecule is Cc1ccc(C2NNC3CC4NC(=O)C(C5CCCN(Cc6ccccc6)C5)CC4CC32)cn1. The first-order valence-electron chi connectivity index (χ1n) is 13.1. The first-order chi connectivity index (χ1) is 16.6. The minimum absolute atomic E-state index is 0.151. The van der Waals surface area contributed by atoms with Crippen molar-refractivity contribution < 1.29 is 4.79 Å². The summed E-state index contributed by atoms with van der Waals surface area (Å²) in [5.74, 6) is 2.03. The summed E-state index contributed by atoms with van der Waals surface area (Å²) in [7, 11) is 0. The zero-order valence-corrected chi connectivity index (χ0v) is 20.1. The van der Waals surface area contributed by atoms with Crippen LogP contribution in [0.25, 0.3) is 0 Å². The van der Waals surface area contributed by atoms with E-state index in [1.807, 2.05) is 13.1 Å². The molecule has 0 spiro atoms. The van der Waals surface area contributed by atoms with E-state index in [1.165, 1.54) is 24.0 Å². The molecule has 2 aromatic rings. The highest BCUT2D eigenvalue weighted by molar-refractivity contribution is 5.80. The van der Waals surface area contributed by atoms with Crippen molar-refractivity contribution in [3.05, 3.63) is 65.5 Å². The van der Waals surface area contributed by atoms with Crippen LogP contribution in [-0.4, -0.2) is 41.0 Å². The van der Waals surface area contributed by atoms with Gasteiger partial charge in [-0.25, -0.2) is 5.43 Å². The van der Waals surface area contributed by atoms with Crippen LogP contribution >= 0.6 is 0 Å². The number of hydrogen-bond acceptors (Lipinski definition) is 5. The fourth-order valence-corrected chi connectivity index (χ4v) is 7.12. The smallest absolute Gasteiger partial charge is 0.223 e. The van der Waals surface area contributed by atoms with Crippen molar-refractivity contribution in [2.75, 3.05) is 13.1 Å². The molecule has 7 atom stereocenters. The molecule has 1 aliphatic carbocycles. The van der Waals surface area contributed by atoms with Crippen LogP contribution in [0.5, 0.6) is 0 Å². The van der Waals surface area contributed by atoms with Gasteiger partial charge in [-0.1, -0.05) is 36.4 Å². The second kappa shape index (κ2) is 9.40. The quantitative estimate of drug-likeness (QED) is 0.654. The van der Waals surface area contributed by atoms with Gasteiger partial charge in [-0.15, -0.1) is 0 Å². The van der Waals surface area contributed by atoms with E-state index in [0.717, 1.165) is 44.6 Å². The lowest BCUT2D eigenvalue weighted by Gasteiger charge is -2.47. The zero-order chi connectivity index (χ0) is 23.1. The molecule has 3 aliphatic heterocycles. The van der Waals surface area contributed by atoms with Crippen LogP contribution in [0.4, 0.5) is 0 Å². The number of hydrogen-bond donors (Lipinski definition) is 3. The molecule has 1 amide bonds. The molecule has 1 saturated carbocycles. The number of benzene rings is 1. The molecule has 4 heterocycles. The highest BCUT2D eigenvalue weighted by atomic mass is 16.2. The van der Waals surface area contributed by atoms with Gasteiger partial charge in [0.25, 0.3) is 0 Å². The number of carbonyl (C=O) groups is 1. The molecule has 7 unspecified atom stereocenters. The van der Waals surface area contributed by atoms with Crippen LogP contribution in [0.15, 0.2) is 48.7 Å². The maximum atomic E-state index is 13.2. The highest BCUT2D eigenvalue weighted by Crippen LogP contribution is 2.45. The van der Waals surface area contributed by atoms with Crippen molar-refractivity contribution >= 4 is 5.91 Å². The molecule has 0 bridgehead atoms. The van der Waals surface area contributed by atoms with Crippen molar-refractivity contribution in [2.45, 2.75) is 63.7 Å². The Morgan fingerprint density at radius 3 is 2.71 bits per heavy atom. The number of aryl methyl sites for hydroxylation is 1. The third kappa shape index (κ3) is 4.39. The summed E-state index contributed by atoms with van der Waals surface area (Å²) in [6, 6.07) is 16.1. The van der Waals surface area contributed by atoms with E-state index in [0.29, 0.717) is 41.8 Å². The van der Waals surface area contributed by atoms with E-state index in [9.17, 15) is 4.79 Å². The number of rotatable bonds is 4. The number of nitrogens with one attached hydrogen (secondary N) is 3. The summed E-state index contributed by atoms with van der Waals surface area (Å²) >= 11 is 0. The number of hydrazine groups is 1. The Morgan fingerprint density at radius 2 is 1.88 bits per heavy atom. The molecule has 6 rings (SSSR count). The minimum atomic E-state index is 0.151. The maximum Gasteiger partial charge on any atom is 0.223 e. The van der Waals surface area contributed by atoms with Crippen LogP contribution in [0, 0.1) is 30.6 Å². The van der Waals surface area contributed by atoms with Gasteiger partial charge in [-0.2, -0.15) is 0 Å². The van der Waals surface area contributed by atoms with Gasteiger partial charge in [0, 0.05) is 43.0 Å². The van der Waals surface area contributed by atoms with Crippen molar-refractivity contribution in [3.8, 4) is 0 Å². The van der Waals surface area contributed by atoms with Gasteiger partial charge in [0.15, 0.2) is 0 Å². The topological polar surface area (TPSA) is 69.3 Å².